The second kappa shape index (κ2) is 7.73. The van der Waals surface area contributed by atoms with Crippen molar-refractivity contribution in [1.29, 1.82) is 0 Å². The highest BCUT2D eigenvalue weighted by Gasteiger charge is 2.23. The molecule has 0 radical (unpaired) electrons. The maximum absolute atomic E-state index is 12.8. The Balaban J connectivity index is 1.79. The number of benzene rings is 2. The molecule has 0 spiro atoms. The average molecular weight is 350 g/mol. The molecule has 0 unspecified atom stereocenters. The highest BCUT2D eigenvalue weighted by molar-refractivity contribution is 5.99. The Bertz CT molecular complexity index is 829. The second-order valence-electron chi connectivity index (χ2n) is 6.99. The minimum atomic E-state index is -0.106. The van der Waals surface area contributed by atoms with Gasteiger partial charge < -0.3 is 10.2 Å². The van der Waals surface area contributed by atoms with Crippen molar-refractivity contribution in [3.05, 3.63) is 64.7 Å². The number of rotatable bonds is 5. The monoisotopic (exact) mass is 350 g/mol. The van der Waals surface area contributed by atoms with E-state index in [1.807, 2.05) is 18.2 Å². The number of aryl methyl sites for hydroxylation is 2. The zero-order valence-corrected chi connectivity index (χ0v) is 15.7. The molecule has 4 nitrogen and oxygen atoms in total. The van der Waals surface area contributed by atoms with Gasteiger partial charge in [-0.25, -0.2) is 0 Å². The summed E-state index contributed by atoms with van der Waals surface area (Å²) < 4.78 is 0. The highest BCUT2D eigenvalue weighted by Crippen LogP contribution is 2.24. The summed E-state index contributed by atoms with van der Waals surface area (Å²) in [5.41, 5.74) is 4.95. The van der Waals surface area contributed by atoms with E-state index >= 15 is 0 Å². The van der Waals surface area contributed by atoms with Crippen LogP contribution in [0.1, 0.15) is 59.3 Å². The smallest absolute Gasteiger partial charge is 0.251 e. The molecule has 2 aromatic carbocycles. The molecular weight excluding hydrogens is 324 g/mol. The van der Waals surface area contributed by atoms with Crippen LogP contribution in [0.15, 0.2) is 42.5 Å². The Morgan fingerprint density at radius 2 is 2.00 bits per heavy atom. The quantitative estimate of drug-likeness (QED) is 0.873. The van der Waals surface area contributed by atoms with Gasteiger partial charge in [0.25, 0.3) is 5.91 Å². The van der Waals surface area contributed by atoms with Crippen LogP contribution >= 0.6 is 0 Å². The van der Waals surface area contributed by atoms with Crippen molar-refractivity contribution in [2.75, 3.05) is 11.4 Å². The van der Waals surface area contributed by atoms with Crippen molar-refractivity contribution in [2.45, 2.75) is 46.1 Å². The van der Waals surface area contributed by atoms with E-state index in [4.69, 9.17) is 0 Å². The van der Waals surface area contributed by atoms with Crippen molar-refractivity contribution in [3.63, 3.8) is 0 Å². The fourth-order valence-electron chi connectivity index (χ4n) is 3.59. The summed E-state index contributed by atoms with van der Waals surface area (Å²) in [6, 6.07) is 13.6. The van der Waals surface area contributed by atoms with Gasteiger partial charge in [0, 0.05) is 24.2 Å². The molecule has 1 saturated heterocycles. The summed E-state index contributed by atoms with van der Waals surface area (Å²) in [5, 5.41) is 3.15. The molecule has 1 atom stereocenters. The van der Waals surface area contributed by atoms with Gasteiger partial charge in [-0.05, 0) is 56.0 Å². The first kappa shape index (κ1) is 18.2. The van der Waals surface area contributed by atoms with Crippen molar-refractivity contribution in [3.8, 4) is 0 Å². The minimum Gasteiger partial charge on any atom is -0.345 e. The van der Waals surface area contributed by atoms with Gasteiger partial charge in [0.05, 0.1) is 6.04 Å². The predicted molar refractivity (Wildman–Crippen MR) is 104 cm³/mol. The molecular formula is C22H26N2O2. The van der Waals surface area contributed by atoms with Crippen LogP contribution in [-0.2, 0) is 4.79 Å². The first-order chi connectivity index (χ1) is 12.5. The van der Waals surface area contributed by atoms with Crippen LogP contribution in [0.3, 0.4) is 0 Å². The van der Waals surface area contributed by atoms with E-state index in [9.17, 15) is 9.59 Å². The van der Waals surface area contributed by atoms with Gasteiger partial charge in [-0.1, -0.05) is 36.8 Å². The first-order valence-electron chi connectivity index (χ1n) is 9.28. The lowest BCUT2D eigenvalue weighted by atomic mass is 9.97. The summed E-state index contributed by atoms with van der Waals surface area (Å²) in [7, 11) is 0. The Hall–Kier alpha value is -2.62. The summed E-state index contributed by atoms with van der Waals surface area (Å²) in [6.07, 6.45) is 2.28. The second-order valence-corrected chi connectivity index (χ2v) is 6.99. The van der Waals surface area contributed by atoms with Crippen LogP contribution in [0.5, 0.6) is 0 Å². The minimum absolute atomic E-state index is 0.0276. The average Bonchev–Trinajstić information content (AvgIpc) is 3.06. The number of carbonyl (C=O) groups excluding carboxylic acids is 2. The third kappa shape index (κ3) is 3.79. The molecule has 1 heterocycles. The number of hydrogen-bond donors (Lipinski definition) is 1. The molecule has 4 heteroatoms. The zero-order valence-electron chi connectivity index (χ0n) is 15.7. The van der Waals surface area contributed by atoms with E-state index < -0.39 is 0 Å². The Morgan fingerprint density at radius 3 is 2.65 bits per heavy atom. The summed E-state index contributed by atoms with van der Waals surface area (Å²) in [4.78, 5) is 26.5. The standard InChI is InChI=1S/C22H26N2O2/c1-4-20(19-11-10-15(2)13-16(19)3)23-22(26)17-7-5-8-18(14-17)24-12-6-9-21(24)25/h5,7-8,10-11,13-14,20H,4,6,9,12H2,1-3H3,(H,23,26)/t20-/m0/s1. The van der Waals surface area contributed by atoms with Crippen LogP contribution in [0.25, 0.3) is 0 Å². The number of hydrogen-bond acceptors (Lipinski definition) is 2. The maximum atomic E-state index is 12.8. The van der Waals surface area contributed by atoms with E-state index in [0.717, 1.165) is 30.6 Å². The van der Waals surface area contributed by atoms with Gasteiger partial charge in [-0.15, -0.1) is 0 Å². The lowest BCUT2D eigenvalue weighted by molar-refractivity contribution is -0.117. The highest BCUT2D eigenvalue weighted by atomic mass is 16.2. The normalized spacial score (nSPS) is 15.2. The van der Waals surface area contributed by atoms with Gasteiger partial charge in [-0.3, -0.25) is 9.59 Å². The van der Waals surface area contributed by atoms with E-state index in [-0.39, 0.29) is 17.9 Å². The van der Waals surface area contributed by atoms with Crippen molar-refractivity contribution in [2.24, 2.45) is 0 Å². The molecule has 3 rings (SSSR count). The van der Waals surface area contributed by atoms with Gasteiger partial charge in [0.15, 0.2) is 0 Å². The molecule has 0 saturated carbocycles. The summed E-state index contributed by atoms with van der Waals surface area (Å²) >= 11 is 0. The number of nitrogens with zero attached hydrogens (tertiary/aromatic N) is 1. The lowest BCUT2D eigenvalue weighted by Gasteiger charge is -2.21. The van der Waals surface area contributed by atoms with Gasteiger partial charge in [-0.2, -0.15) is 0 Å². The fourth-order valence-corrected chi connectivity index (χ4v) is 3.59. The van der Waals surface area contributed by atoms with Gasteiger partial charge in [0.2, 0.25) is 5.91 Å². The molecule has 136 valence electrons. The summed E-state index contributed by atoms with van der Waals surface area (Å²) in [6.45, 7) is 6.95. The largest absolute Gasteiger partial charge is 0.345 e. The number of anilines is 1. The van der Waals surface area contributed by atoms with E-state index in [2.05, 4.69) is 44.3 Å². The van der Waals surface area contributed by atoms with Crippen LogP contribution < -0.4 is 10.2 Å². The Morgan fingerprint density at radius 1 is 1.19 bits per heavy atom. The Kier molecular flexibility index (Phi) is 5.40. The maximum Gasteiger partial charge on any atom is 0.251 e. The Labute approximate surface area is 155 Å². The van der Waals surface area contributed by atoms with Crippen LogP contribution in [0.4, 0.5) is 5.69 Å². The van der Waals surface area contributed by atoms with E-state index in [0.29, 0.717) is 12.0 Å². The zero-order chi connectivity index (χ0) is 18.7. The molecule has 1 fully saturated rings. The third-order valence-electron chi connectivity index (χ3n) is 5.01. The van der Waals surface area contributed by atoms with Crippen molar-refractivity contribution >= 4 is 17.5 Å². The SMILES string of the molecule is CC[C@H](NC(=O)c1cccc(N2CCCC2=O)c1)c1ccc(C)cc1C. The van der Waals surface area contributed by atoms with Gasteiger partial charge >= 0.3 is 0 Å². The molecule has 2 aromatic rings. The molecule has 0 bridgehead atoms. The van der Waals surface area contributed by atoms with E-state index in [1.165, 1.54) is 11.1 Å². The number of nitrogens with one attached hydrogen (secondary N) is 1. The number of amides is 2. The van der Waals surface area contributed by atoms with E-state index in [1.54, 1.807) is 11.0 Å². The summed E-state index contributed by atoms with van der Waals surface area (Å²) in [5.74, 6) is 0.0228. The van der Waals surface area contributed by atoms with Crippen molar-refractivity contribution in [1.82, 2.24) is 5.32 Å². The third-order valence-corrected chi connectivity index (χ3v) is 5.01. The molecule has 2 amide bonds. The van der Waals surface area contributed by atoms with Crippen LogP contribution in [0.2, 0.25) is 0 Å². The molecule has 1 N–H and O–H groups in total. The molecule has 1 aliphatic heterocycles. The topological polar surface area (TPSA) is 49.4 Å². The molecule has 0 aliphatic carbocycles. The number of carbonyl (C=O) groups is 2. The fraction of sp³-hybridized carbons (Fsp3) is 0.364. The molecule has 1 aliphatic rings. The lowest BCUT2D eigenvalue weighted by Crippen LogP contribution is -2.29. The molecule has 26 heavy (non-hydrogen) atoms. The van der Waals surface area contributed by atoms with Crippen LogP contribution in [0, 0.1) is 13.8 Å². The predicted octanol–water partition coefficient (Wildman–Crippen LogP) is 4.31. The first-order valence-corrected chi connectivity index (χ1v) is 9.28. The van der Waals surface area contributed by atoms with Gasteiger partial charge in [0.1, 0.15) is 0 Å². The van der Waals surface area contributed by atoms with Crippen molar-refractivity contribution < 1.29 is 9.59 Å². The van der Waals surface area contributed by atoms with Crippen LogP contribution in [-0.4, -0.2) is 18.4 Å². The molecule has 0 aromatic heterocycles.